The Labute approximate surface area is 435 Å². The number of aliphatic hydroxyl groups is 1. The molecule has 0 spiro atoms. The number of halogens is 1. The van der Waals surface area contributed by atoms with Gasteiger partial charge in [0.05, 0.1) is 18.7 Å². The molecule has 1 aromatic rings. The van der Waals surface area contributed by atoms with Crippen molar-refractivity contribution in [3.05, 3.63) is 46.6 Å². The van der Waals surface area contributed by atoms with Gasteiger partial charge >= 0.3 is 5.97 Å². The number of hydrogen-bond acceptors (Lipinski definition) is 16. The monoisotopic (exact) mass is 1060 g/mol. The molecule has 74 heavy (non-hydrogen) atoms. The summed E-state index contributed by atoms with van der Waals surface area (Å²) in [5.74, 6) is -8.00. The van der Waals surface area contributed by atoms with Crippen molar-refractivity contribution in [2.45, 2.75) is 132 Å². The molecule has 0 aromatic heterocycles. The van der Waals surface area contributed by atoms with Crippen LogP contribution in [0, 0.1) is 0 Å². The third-order valence-corrected chi connectivity index (χ3v) is 11.9. The number of nitrogens with two attached hydrogens (primary N) is 7. The number of carboxylic acid groups (broad SMARTS) is 1. The van der Waals surface area contributed by atoms with Crippen molar-refractivity contribution in [3.63, 3.8) is 0 Å². The number of aliphatic hydroxyl groups excluding tert-OH is 1. The van der Waals surface area contributed by atoms with E-state index in [1.54, 1.807) is 24.3 Å². The zero-order valence-electron chi connectivity index (χ0n) is 41.8. The van der Waals surface area contributed by atoms with Gasteiger partial charge in [-0.3, -0.25) is 43.3 Å². The van der Waals surface area contributed by atoms with Gasteiger partial charge in [-0.1, -0.05) is 36.2 Å². The lowest BCUT2D eigenvalue weighted by Gasteiger charge is -2.30. The standard InChI is InChI=1S/C46H77ClN16O11/c1-26(57-43(71)37(35(64)24-51)62-39(67)29(52)9-2-4-18-48)38(66)56-25-36(65)58-31(11-6-20-50)44(72)63-22-8-13-34(63)42(70)61-33(23-27-14-16-28(47)17-15-27)41(69)59-30(10-3-5-19-49)40(68)60-32(45(73)74)12-7-21-55-46(53)54/h12,14-17,26,29-31,33-35,37,64H,2-11,13,18-25,48-52H2,1H3,(H,56,66)(H,57,71)(H,58,65)(H,59,69)(H,60,68)(H,61,70)(H,62,67)(H,73,74)(H4,53,54,55)/b32-12-/t26-,29-,30-,31+,33-,34-,35-,37-/m0/s1. The molecule has 1 aromatic carbocycles. The summed E-state index contributed by atoms with van der Waals surface area (Å²) in [6.07, 6.45) is 2.82. The average Bonchev–Trinajstić information content (AvgIpc) is 3.87. The Bertz CT molecular complexity index is 2100. The molecule has 0 bridgehead atoms. The van der Waals surface area contributed by atoms with Gasteiger partial charge < -0.3 is 92.5 Å². The summed E-state index contributed by atoms with van der Waals surface area (Å²) >= 11 is 6.12. The molecule has 8 atom stereocenters. The van der Waals surface area contributed by atoms with Crippen molar-refractivity contribution < 1.29 is 53.4 Å². The molecule has 0 saturated carbocycles. The molecule has 1 aliphatic rings. The van der Waals surface area contributed by atoms with Crippen LogP contribution >= 0.6 is 11.6 Å². The Kier molecular flexibility index (Phi) is 29.3. The topological polar surface area (TPSA) is 476 Å². The van der Waals surface area contributed by atoms with Gasteiger partial charge in [0, 0.05) is 31.1 Å². The predicted octanol–water partition coefficient (Wildman–Crippen LogP) is -5.17. The normalized spacial score (nSPS) is 16.2. The largest absolute Gasteiger partial charge is 0.477 e. The second-order valence-corrected chi connectivity index (χ2v) is 18.1. The average molecular weight is 1070 g/mol. The zero-order valence-corrected chi connectivity index (χ0v) is 42.6. The van der Waals surface area contributed by atoms with Gasteiger partial charge in [-0.05, 0) is 108 Å². The maximum atomic E-state index is 14.2. The van der Waals surface area contributed by atoms with E-state index in [2.05, 4.69) is 42.2 Å². The Hall–Kier alpha value is -6.49. The minimum atomic E-state index is -1.56. The molecule has 2 rings (SSSR count). The lowest BCUT2D eigenvalue weighted by atomic mass is 10.0. The summed E-state index contributed by atoms with van der Waals surface area (Å²) in [5, 5.41) is 38.0. The van der Waals surface area contributed by atoms with E-state index in [1.165, 1.54) is 17.9 Å². The molecule has 0 unspecified atom stereocenters. The summed E-state index contributed by atoms with van der Waals surface area (Å²) in [6.45, 7) is 1.17. The second-order valence-electron chi connectivity index (χ2n) is 17.6. The first kappa shape index (κ1) is 63.6. The van der Waals surface area contributed by atoms with Crippen LogP contribution in [0.15, 0.2) is 41.0 Å². The minimum absolute atomic E-state index is 0.0396. The number of nitrogens with one attached hydrogen (secondary N) is 7. The highest BCUT2D eigenvalue weighted by atomic mass is 35.5. The molecule has 1 aliphatic heterocycles. The number of carbonyl (C=O) groups excluding carboxylic acids is 8. The van der Waals surface area contributed by atoms with Gasteiger partial charge in [-0.25, -0.2) is 4.79 Å². The van der Waals surface area contributed by atoms with Gasteiger partial charge in [0.1, 0.15) is 41.9 Å². The lowest BCUT2D eigenvalue weighted by molar-refractivity contribution is -0.142. The van der Waals surface area contributed by atoms with Crippen molar-refractivity contribution in [2.75, 3.05) is 45.8 Å². The Morgan fingerprint density at radius 1 is 0.770 bits per heavy atom. The predicted molar refractivity (Wildman–Crippen MR) is 275 cm³/mol. The highest BCUT2D eigenvalue weighted by Gasteiger charge is 2.39. The third kappa shape index (κ3) is 22.7. The molecule has 28 heteroatoms. The number of carbonyl (C=O) groups is 9. The lowest BCUT2D eigenvalue weighted by Crippen LogP contribution is -2.60. The van der Waals surface area contributed by atoms with Crippen LogP contribution in [0.3, 0.4) is 0 Å². The van der Waals surface area contributed by atoms with E-state index in [0.717, 1.165) is 0 Å². The number of aliphatic carboxylic acids is 1. The highest BCUT2D eigenvalue weighted by Crippen LogP contribution is 2.21. The van der Waals surface area contributed by atoms with Crippen LogP contribution in [0.4, 0.5) is 0 Å². The van der Waals surface area contributed by atoms with E-state index in [0.29, 0.717) is 49.2 Å². The number of carboxylic acids is 1. The van der Waals surface area contributed by atoms with Crippen LogP contribution in [-0.2, 0) is 49.6 Å². The molecule has 27 nitrogen and oxygen atoms in total. The van der Waals surface area contributed by atoms with Crippen molar-refractivity contribution in [1.82, 2.24) is 42.1 Å². The smallest absolute Gasteiger partial charge is 0.352 e. The number of benzene rings is 1. The third-order valence-electron chi connectivity index (χ3n) is 11.7. The number of nitrogens with zero attached hydrogens (tertiary/aromatic N) is 2. The fourth-order valence-corrected chi connectivity index (χ4v) is 7.70. The van der Waals surface area contributed by atoms with Crippen molar-refractivity contribution in [2.24, 2.45) is 45.1 Å². The van der Waals surface area contributed by atoms with Gasteiger partial charge in [0.15, 0.2) is 5.96 Å². The molecule has 1 heterocycles. The maximum absolute atomic E-state index is 14.2. The van der Waals surface area contributed by atoms with Crippen molar-refractivity contribution in [1.29, 1.82) is 0 Å². The van der Waals surface area contributed by atoms with E-state index in [1.807, 2.05) is 0 Å². The number of rotatable bonds is 34. The Morgan fingerprint density at radius 3 is 2.01 bits per heavy atom. The summed E-state index contributed by atoms with van der Waals surface area (Å²) in [7, 11) is 0. The second kappa shape index (κ2) is 34.1. The highest BCUT2D eigenvalue weighted by molar-refractivity contribution is 6.30. The maximum Gasteiger partial charge on any atom is 0.352 e. The fourth-order valence-electron chi connectivity index (χ4n) is 7.57. The number of unbranched alkanes of at least 4 members (excludes halogenated alkanes) is 2. The van der Waals surface area contributed by atoms with Crippen LogP contribution < -0.4 is 77.4 Å². The molecular formula is C46H77ClN16O11. The van der Waals surface area contributed by atoms with E-state index in [4.69, 9.17) is 51.7 Å². The van der Waals surface area contributed by atoms with E-state index >= 15 is 0 Å². The first-order valence-corrected chi connectivity index (χ1v) is 24.9. The first-order chi connectivity index (χ1) is 35.2. The van der Waals surface area contributed by atoms with Crippen LogP contribution in [0.1, 0.15) is 83.1 Å². The Balaban J connectivity index is 2.25. The quantitative estimate of drug-likeness (QED) is 0.0133. The number of guanidine groups is 1. The summed E-state index contributed by atoms with van der Waals surface area (Å²) in [6, 6.07) is -2.37. The summed E-state index contributed by atoms with van der Waals surface area (Å²) < 4.78 is 0. The zero-order chi connectivity index (χ0) is 55.3. The number of hydrogen-bond donors (Lipinski definition) is 16. The minimum Gasteiger partial charge on any atom is -0.477 e. The fraction of sp³-hybridized carbons (Fsp3) is 0.609. The molecular weight excluding hydrogens is 988 g/mol. The van der Waals surface area contributed by atoms with E-state index < -0.39 is 120 Å². The molecule has 1 fully saturated rings. The summed E-state index contributed by atoms with van der Waals surface area (Å²) in [4.78, 5) is 125. The molecule has 23 N–H and O–H groups in total. The van der Waals surface area contributed by atoms with Crippen molar-refractivity contribution in [3.8, 4) is 0 Å². The van der Waals surface area contributed by atoms with Gasteiger partial charge in [-0.15, -0.1) is 0 Å². The molecule has 8 amide bonds. The van der Waals surface area contributed by atoms with E-state index in [9.17, 15) is 53.4 Å². The summed E-state index contributed by atoms with van der Waals surface area (Å²) in [5.41, 5.74) is 39.2. The number of aliphatic imine (C=N–C) groups is 1. The van der Waals surface area contributed by atoms with Crippen LogP contribution in [-0.4, -0.2) is 169 Å². The van der Waals surface area contributed by atoms with Crippen LogP contribution in [0.25, 0.3) is 0 Å². The molecule has 0 radical (unpaired) electrons. The van der Waals surface area contributed by atoms with Gasteiger partial charge in [-0.2, -0.15) is 0 Å². The molecule has 0 aliphatic carbocycles. The number of amides is 8. The first-order valence-electron chi connectivity index (χ1n) is 24.5. The van der Waals surface area contributed by atoms with E-state index in [-0.39, 0.29) is 77.1 Å². The molecule has 414 valence electrons. The van der Waals surface area contributed by atoms with Crippen LogP contribution in [0.5, 0.6) is 0 Å². The SMILES string of the molecule is C[C@H](NC(=O)[C@@H](NC(=O)[C@@H](N)CCCCN)[C@@H](O)CN)C(=O)NCC(=O)N[C@H](CCCN)C(=O)N1CCC[C@H]1C(=O)N[C@@H](Cc1ccc(Cl)cc1)C(=O)N[C@@H](CCCCN)C(=O)N/C(=C\CCN=C(N)N)C(=O)O. The van der Waals surface area contributed by atoms with Gasteiger partial charge in [0.25, 0.3) is 0 Å². The van der Waals surface area contributed by atoms with Crippen molar-refractivity contribution >= 4 is 70.8 Å². The van der Waals surface area contributed by atoms with Gasteiger partial charge in [0.2, 0.25) is 47.3 Å². The Morgan fingerprint density at radius 2 is 1.41 bits per heavy atom. The number of likely N-dealkylation sites (tertiary alicyclic amines) is 1. The molecule has 1 saturated heterocycles. The van der Waals surface area contributed by atoms with Crippen LogP contribution in [0.2, 0.25) is 5.02 Å².